The number of hydrogen-bond acceptors (Lipinski definition) is 7. The van der Waals surface area contributed by atoms with Crippen molar-refractivity contribution in [1.82, 2.24) is 14.9 Å². The quantitative estimate of drug-likeness (QED) is 0.486. The molecular weight excluding hydrogens is 499 g/mol. The van der Waals surface area contributed by atoms with E-state index in [0.29, 0.717) is 29.5 Å². The molecule has 0 saturated carbocycles. The summed E-state index contributed by atoms with van der Waals surface area (Å²) in [7, 11) is -3.28. The smallest absolute Gasteiger partial charge is 0.230 e. The van der Waals surface area contributed by atoms with Gasteiger partial charge in [0.25, 0.3) is 0 Å². The molecule has 0 radical (unpaired) electrons. The van der Waals surface area contributed by atoms with Crippen LogP contribution < -0.4 is 5.32 Å². The highest BCUT2D eigenvalue weighted by molar-refractivity contribution is 7.90. The summed E-state index contributed by atoms with van der Waals surface area (Å²) < 4.78 is 37.5. The molecule has 7 nitrogen and oxygen atoms in total. The summed E-state index contributed by atoms with van der Waals surface area (Å²) in [4.78, 5) is 24.7. The van der Waals surface area contributed by atoms with Crippen molar-refractivity contribution < 1.29 is 17.6 Å². The van der Waals surface area contributed by atoms with E-state index in [4.69, 9.17) is 11.6 Å². The van der Waals surface area contributed by atoms with Crippen LogP contribution in [0.2, 0.25) is 5.02 Å². The van der Waals surface area contributed by atoms with E-state index < -0.39 is 15.7 Å². The van der Waals surface area contributed by atoms with Gasteiger partial charge in [-0.05, 0) is 29.7 Å². The van der Waals surface area contributed by atoms with Gasteiger partial charge >= 0.3 is 0 Å². The van der Waals surface area contributed by atoms with Crippen molar-refractivity contribution in [3.05, 3.63) is 69.2 Å². The lowest BCUT2D eigenvalue weighted by Crippen LogP contribution is -2.27. The van der Waals surface area contributed by atoms with Crippen LogP contribution in [0.3, 0.4) is 0 Å². The first-order chi connectivity index (χ1) is 16.0. The molecule has 0 aliphatic carbocycles. The maximum Gasteiger partial charge on any atom is 0.230 e. The fourth-order valence-corrected chi connectivity index (χ4v) is 5.88. The molecule has 0 saturated heterocycles. The Hall–Kier alpha value is -2.40. The molecule has 1 N–H and O–H groups in total. The lowest BCUT2D eigenvalue weighted by molar-refractivity contribution is -0.115. The number of anilines is 1. The van der Waals surface area contributed by atoms with Gasteiger partial charge in [0.05, 0.1) is 33.8 Å². The van der Waals surface area contributed by atoms with Gasteiger partial charge in [0.1, 0.15) is 5.82 Å². The summed E-state index contributed by atoms with van der Waals surface area (Å²) in [6, 6.07) is 7.49. The first-order valence-corrected chi connectivity index (χ1v) is 13.7. The molecular formula is C23H24ClFN4O3S2. The molecule has 0 spiro atoms. The number of amides is 1. The van der Waals surface area contributed by atoms with E-state index >= 15 is 0 Å². The third-order valence-corrected chi connectivity index (χ3v) is 7.89. The van der Waals surface area contributed by atoms with Crippen LogP contribution >= 0.6 is 22.9 Å². The Bertz CT molecular complexity index is 1330. The zero-order chi connectivity index (χ0) is 24.6. The van der Waals surface area contributed by atoms with Crippen molar-refractivity contribution >= 4 is 43.8 Å². The van der Waals surface area contributed by atoms with Crippen molar-refractivity contribution in [3.8, 4) is 0 Å². The standard InChI is InChI=1S/C23H24ClFN4O3S2/c1-13(2)22-21-19(12-29(22)11-18-17(25)9-15(24)10-26-18)33-23(28-21)27-20(30)8-14-4-6-16(7-5-14)34(3,31)32/h4-7,9-10,13,22H,8,11-12H2,1-3H3,(H,27,28,30). The molecule has 34 heavy (non-hydrogen) atoms. The minimum absolute atomic E-state index is 0.0303. The van der Waals surface area contributed by atoms with Gasteiger partial charge in [-0.2, -0.15) is 0 Å². The van der Waals surface area contributed by atoms with E-state index in [-0.39, 0.29) is 34.2 Å². The van der Waals surface area contributed by atoms with Gasteiger partial charge in [-0.25, -0.2) is 17.8 Å². The van der Waals surface area contributed by atoms with Crippen LogP contribution in [0.15, 0.2) is 41.4 Å². The molecule has 2 aromatic heterocycles. The maximum absolute atomic E-state index is 14.3. The Kier molecular flexibility index (Phi) is 7.04. The summed E-state index contributed by atoms with van der Waals surface area (Å²) in [5, 5.41) is 3.63. The summed E-state index contributed by atoms with van der Waals surface area (Å²) in [5.74, 6) is -0.448. The van der Waals surface area contributed by atoms with Gasteiger partial charge in [0.2, 0.25) is 5.91 Å². The normalized spacial score (nSPS) is 16.1. The highest BCUT2D eigenvalue weighted by Gasteiger charge is 2.36. The minimum Gasteiger partial charge on any atom is -0.302 e. The third-order valence-electron chi connectivity index (χ3n) is 5.58. The van der Waals surface area contributed by atoms with Crippen LogP contribution in [0.4, 0.5) is 9.52 Å². The summed E-state index contributed by atoms with van der Waals surface area (Å²) in [6.45, 7) is 5.08. The summed E-state index contributed by atoms with van der Waals surface area (Å²) in [5.41, 5.74) is 1.93. The number of carbonyl (C=O) groups is 1. The van der Waals surface area contributed by atoms with Crippen LogP contribution in [0, 0.1) is 11.7 Å². The Morgan fingerprint density at radius 3 is 2.65 bits per heavy atom. The first kappa shape index (κ1) is 24.7. The molecule has 1 aromatic carbocycles. The van der Waals surface area contributed by atoms with Gasteiger partial charge < -0.3 is 5.32 Å². The second kappa shape index (κ2) is 9.69. The molecule has 1 aliphatic rings. The lowest BCUT2D eigenvalue weighted by atomic mass is 10.0. The van der Waals surface area contributed by atoms with Crippen LogP contribution in [0.25, 0.3) is 0 Å². The average Bonchev–Trinajstić information content (AvgIpc) is 3.26. The second-order valence-corrected chi connectivity index (χ2v) is 12.2. The van der Waals surface area contributed by atoms with Crippen molar-refractivity contribution in [1.29, 1.82) is 0 Å². The molecule has 1 atom stereocenters. The Morgan fingerprint density at radius 2 is 2.03 bits per heavy atom. The lowest BCUT2D eigenvalue weighted by Gasteiger charge is -2.27. The Balaban J connectivity index is 1.44. The van der Waals surface area contributed by atoms with E-state index in [1.165, 1.54) is 35.7 Å². The SMILES string of the molecule is CC(C)C1c2nc(NC(=O)Cc3ccc(S(C)(=O)=O)cc3)sc2CN1Cc1ncc(Cl)cc1F. The van der Waals surface area contributed by atoms with Gasteiger partial charge in [0.15, 0.2) is 15.0 Å². The highest BCUT2D eigenvalue weighted by atomic mass is 35.5. The molecule has 1 aliphatic heterocycles. The number of hydrogen-bond donors (Lipinski definition) is 1. The van der Waals surface area contributed by atoms with Crippen molar-refractivity contribution in [2.45, 2.75) is 44.3 Å². The molecule has 3 aromatic rings. The van der Waals surface area contributed by atoms with Crippen molar-refractivity contribution in [2.24, 2.45) is 5.92 Å². The van der Waals surface area contributed by atoms with Crippen LogP contribution in [-0.4, -0.2) is 35.4 Å². The molecule has 0 fully saturated rings. The zero-order valence-electron chi connectivity index (χ0n) is 18.9. The predicted octanol–water partition coefficient (Wildman–Crippen LogP) is 4.63. The largest absolute Gasteiger partial charge is 0.302 e. The van der Waals surface area contributed by atoms with E-state index in [0.717, 1.165) is 16.8 Å². The van der Waals surface area contributed by atoms with Gasteiger partial charge in [0, 0.05) is 30.4 Å². The first-order valence-electron chi connectivity index (χ1n) is 10.6. The average molecular weight is 523 g/mol. The number of halogens is 2. The number of carbonyl (C=O) groups excluding carboxylic acids is 1. The molecule has 0 bridgehead atoms. The van der Waals surface area contributed by atoms with Crippen LogP contribution in [0.5, 0.6) is 0 Å². The third kappa shape index (κ3) is 5.46. The fourth-order valence-electron chi connectivity index (χ4n) is 4.06. The topological polar surface area (TPSA) is 92.3 Å². The molecule has 3 heterocycles. The molecule has 4 rings (SSSR count). The number of pyridine rings is 1. The molecule has 180 valence electrons. The number of benzene rings is 1. The molecule has 1 amide bonds. The van der Waals surface area contributed by atoms with Crippen LogP contribution in [0.1, 0.15) is 41.7 Å². The fraction of sp³-hybridized carbons (Fsp3) is 0.348. The highest BCUT2D eigenvalue weighted by Crippen LogP contribution is 2.43. The number of aromatic nitrogens is 2. The van der Waals surface area contributed by atoms with Crippen LogP contribution in [-0.2, 0) is 34.1 Å². The van der Waals surface area contributed by atoms with Gasteiger partial charge in [-0.15, -0.1) is 11.3 Å². The van der Waals surface area contributed by atoms with E-state index in [9.17, 15) is 17.6 Å². The van der Waals surface area contributed by atoms with Crippen molar-refractivity contribution in [3.63, 3.8) is 0 Å². The maximum atomic E-state index is 14.3. The molecule has 1 unspecified atom stereocenters. The van der Waals surface area contributed by atoms with Gasteiger partial charge in [-0.1, -0.05) is 37.6 Å². The monoisotopic (exact) mass is 522 g/mol. The summed E-state index contributed by atoms with van der Waals surface area (Å²) in [6.07, 6.45) is 2.69. The minimum atomic E-state index is -3.28. The Morgan fingerprint density at radius 1 is 1.32 bits per heavy atom. The summed E-state index contributed by atoms with van der Waals surface area (Å²) >= 11 is 7.23. The van der Waals surface area contributed by atoms with E-state index in [1.807, 2.05) is 0 Å². The number of nitrogens with zero attached hydrogens (tertiary/aromatic N) is 3. The Labute approximate surface area is 206 Å². The second-order valence-electron chi connectivity index (χ2n) is 8.64. The predicted molar refractivity (Wildman–Crippen MR) is 130 cm³/mol. The number of fused-ring (bicyclic) bond motifs is 1. The van der Waals surface area contributed by atoms with E-state index in [1.54, 1.807) is 12.1 Å². The number of thiazole rings is 1. The van der Waals surface area contributed by atoms with Gasteiger partial charge in [-0.3, -0.25) is 14.7 Å². The number of rotatable bonds is 7. The number of sulfone groups is 1. The molecule has 11 heteroatoms. The van der Waals surface area contributed by atoms with Crippen molar-refractivity contribution in [2.75, 3.05) is 11.6 Å². The van der Waals surface area contributed by atoms with E-state index in [2.05, 4.69) is 34.0 Å². The zero-order valence-corrected chi connectivity index (χ0v) is 21.3. The number of nitrogens with one attached hydrogen (secondary N) is 1.